The maximum Gasteiger partial charge on any atom is 0.254 e. The molecule has 5 nitrogen and oxygen atoms in total. The van der Waals surface area contributed by atoms with Gasteiger partial charge in [0.15, 0.2) is 0 Å². The summed E-state index contributed by atoms with van der Waals surface area (Å²) in [5, 5.41) is 9.28. The first-order valence-electron chi connectivity index (χ1n) is 5.97. The Hall–Kier alpha value is -1.62. The Morgan fingerprint density at radius 3 is 2.61 bits per heavy atom. The zero-order valence-corrected chi connectivity index (χ0v) is 11.4. The summed E-state index contributed by atoms with van der Waals surface area (Å²) in [6, 6.07) is 3.30. The minimum Gasteiger partial charge on any atom is -0.394 e. The number of aliphatic hydroxyl groups is 1. The molecule has 1 aromatic heterocycles. The van der Waals surface area contributed by atoms with E-state index in [4.69, 9.17) is 5.73 Å². The van der Waals surface area contributed by atoms with Crippen LogP contribution in [-0.4, -0.2) is 40.1 Å². The van der Waals surface area contributed by atoms with Crippen molar-refractivity contribution in [1.29, 1.82) is 0 Å². The van der Waals surface area contributed by atoms with Crippen molar-refractivity contribution in [2.75, 3.05) is 19.4 Å². The Bertz CT molecular complexity index is 444. The van der Waals surface area contributed by atoms with Crippen molar-refractivity contribution in [2.24, 2.45) is 0 Å². The topological polar surface area (TPSA) is 79.5 Å². The van der Waals surface area contributed by atoms with Crippen molar-refractivity contribution in [3.8, 4) is 0 Å². The first-order chi connectivity index (χ1) is 8.31. The molecular weight excluding hydrogens is 230 g/mol. The Balaban J connectivity index is 3.07. The predicted molar refractivity (Wildman–Crippen MR) is 71.3 cm³/mol. The lowest BCUT2D eigenvalue weighted by atomic mass is 10.0. The van der Waals surface area contributed by atoms with Crippen molar-refractivity contribution < 1.29 is 9.90 Å². The number of nitrogens with two attached hydrogens (primary N) is 1. The van der Waals surface area contributed by atoms with E-state index in [2.05, 4.69) is 4.98 Å². The molecule has 0 atom stereocenters. The third kappa shape index (κ3) is 2.98. The molecule has 3 N–H and O–H groups in total. The highest BCUT2D eigenvalue weighted by molar-refractivity contribution is 5.95. The zero-order chi connectivity index (χ0) is 13.9. The van der Waals surface area contributed by atoms with E-state index in [9.17, 15) is 9.90 Å². The first kappa shape index (κ1) is 14.4. The molecule has 1 rings (SSSR count). The molecule has 0 saturated heterocycles. The number of amides is 1. The molecule has 0 aromatic carbocycles. The van der Waals surface area contributed by atoms with Gasteiger partial charge in [0.2, 0.25) is 0 Å². The molecule has 0 aliphatic heterocycles. The Labute approximate surface area is 108 Å². The highest BCUT2D eigenvalue weighted by Crippen LogP contribution is 2.17. The lowest BCUT2D eigenvalue weighted by molar-refractivity contribution is 0.0473. The second-order valence-corrected chi connectivity index (χ2v) is 4.96. The number of carbonyl (C=O) groups is 1. The number of hydrogen-bond acceptors (Lipinski definition) is 4. The van der Waals surface area contributed by atoms with Gasteiger partial charge in [-0.15, -0.1) is 0 Å². The van der Waals surface area contributed by atoms with Gasteiger partial charge in [0.25, 0.3) is 5.91 Å². The summed E-state index contributed by atoms with van der Waals surface area (Å²) in [6.45, 7) is 5.46. The molecule has 1 aromatic rings. The summed E-state index contributed by atoms with van der Waals surface area (Å²) in [4.78, 5) is 18.0. The van der Waals surface area contributed by atoms with Gasteiger partial charge in [-0.1, -0.05) is 6.92 Å². The number of carbonyl (C=O) groups excluding carboxylic acids is 1. The molecule has 0 radical (unpaired) electrons. The molecule has 0 unspecified atom stereocenters. The van der Waals surface area contributed by atoms with Crippen molar-refractivity contribution in [1.82, 2.24) is 9.88 Å². The van der Waals surface area contributed by atoms with E-state index in [-0.39, 0.29) is 12.5 Å². The van der Waals surface area contributed by atoms with E-state index in [1.807, 2.05) is 6.92 Å². The third-order valence-electron chi connectivity index (χ3n) is 3.11. The maximum atomic E-state index is 12.3. The van der Waals surface area contributed by atoms with Crippen LogP contribution in [-0.2, 0) is 6.42 Å². The van der Waals surface area contributed by atoms with E-state index in [1.165, 1.54) is 4.90 Å². The molecule has 0 saturated carbocycles. The van der Waals surface area contributed by atoms with Crippen molar-refractivity contribution in [3.63, 3.8) is 0 Å². The lowest BCUT2D eigenvalue weighted by Gasteiger charge is -2.34. The van der Waals surface area contributed by atoms with Gasteiger partial charge in [-0.25, -0.2) is 4.98 Å². The van der Waals surface area contributed by atoms with Gasteiger partial charge in [-0.05, 0) is 32.4 Å². The molecule has 0 spiro atoms. The van der Waals surface area contributed by atoms with Crippen molar-refractivity contribution in [2.45, 2.75) is 32.7 Å². The van der Waals surface area contributed by atoms with E-state index in [0.29, 0.717) is 11.4 Å². The molecule has 0 bridgehead atoms. The van der Waals surface area contributed by atoms with Crippen LogP contribution in [0, 0.1) is 0 Å². The Kier molecular flexibility index (Phi) is 4.29. The summed E-state index contributed by atoms with van der Waals surface area (Å²) in [5.41, 5.74) is 6.36. The minimum absolute atomic E-state index is 0.101. The van der Waals surface area contributed by atoms with Crippen LogP contribution in [0.3, 0.4) is 0 Å². The number of nitrogen functional groups attached to an aromatic ring is 1. The number of likely N-dealkylation sites (N-methyl/N-ethyl adjacent to an activating group) is 1. The van der Waals surface area contributed by atoms with Crippen LogP contribution < -0.4 is 5.73 Å². The van der Waals surface area contributed by atoms with E-state index < -0.39 is 5.54 Å². The molecule has 100 valence electrons. The molecule has 18 heavy (non-hydrogen) atoms. The average molecular weight is 251 g/mol. The van der Waals surface area contributed by atoms with Crippen molar-refractivity contribution >= 4 is 11.7 Å². The van der Waals surface area contributed by atoms with Gasteiger partial charge in [0, 0.05) is 18.3 Å². The molecule has 1 heterocycles. The summed E-state index contributed by atoms with van der Waals surface area (Å²) >= 11 is 0. The molecule has 0 aliphatic carbocycles. The SMILES string of the molecule is CCc1cc(C(=O)N(C)C(C)(C)CO)cc(N)n1. The van der Waals surface area contributed by atoms with Crippen LogP contribution >= 0.6 is 0 Å². The fraction of sp³-hybridized carbons (Fsp3) is 0.538. The predicted octanol–water partition coefficient (Wildman–Crippen LogP) is 1.07. The van der Waals surface area contributed by atoms with Crippen LogP contribution in [0.25, 0.3) is 0 Å². The van der Waals surface area contributed by atoms with Gasteiger partial charge < -0.3 is 15.7 Å². The standard InChI is InChI=1S/C13H21N3O2/c1-5-10-6-9(7-11(14)15-10)12(18)16(4)13(2,3)8-17/h6-7,17H,5,8H2,1-4H3,(H2,14,15). The zero-order valence-electron chi connectivity index (χ0n) is 11.4. The number of aromatic nitrogens is 1. The number of hydrogen-bond donors (Lipinski definition) is 2. The summed E-state index contributed by atoms with van der Waals surface area (Å²) in [5.74, 6) is 0.172. The average Bonchev–Trinajstić information content (AvgIpc) is 2.36. The lowest BCUT2D eigenvalue weighted by Crippen LogP contribution is -2.47. The third-order valence-corrected chi connectivity index (χ3v) is 3.11. The minimum atomic E-state index is -0.610. The van der Waals surface area contributed by atoms with E-state index in [0.717, 1.165) is 12.1 Å². The first-order valence-corrected chi connectivity index (χ1v) is 5.97. The number of nitrogens with zero attached hydrogens (tertiary/aromatic N) is 2. The smallest absolute Gasteiger partial charge is 0.254 e. The van der Waals surface area contributed by atoms with Gasteiger partial charge in [0.1, 0.15) is 5.82 Å². The van der Waals surface area contributed by atoms with Gasteiger partial charge in [-0.3, -0.25) is 4.79 Å². The number of anilines is 1. The fourth-order valence-corrected chi connectivity index (χ4v) is 1.49. The second kappa shape index (κ2) is 5.35. The molecule has 1 amide bonds. The van der Waals surface area contributed by atoms with E-state index in [1.54, 1.807) is 33.0 Å². The molecular formula is C13H21N3O2. The van der Waals surface area contributed by atoms with Crippen LogP contribution in [0.15, 0.2) is 12.1 Å². The van der Waals surface area contributed by atoms with Crippen LogP contribution in [0.1, 0.15) is 36.8 Å². The Morgan fingerprint density at radius 2 is 2.11 bits per heavy atom. The van der Waals surface area contributed by atoms with Crippen LogP contribution in [0.4, 0.5) is 5.82 Å². The van der Waals surface area contributed by atoms with E-state index >= 15 is 0 Å². The summed E-state index contributed by atoms with van der Waals surface area (Å²) in [7, 11) is 1.67. The second-order valence-electron chi connectivity index (χ2n) is 4.96. The van der Waals surface area contributed by atoms with Crippen molar-refractivity contribution in [3.05, 3.63) is 23.4 Å². The monoisotopic (exact) mass is 251 g/mol. The largest absolute Gasteiger partial charge is 0.394 e. The van der Waals surface area contributed by atoms with Gasteiger partial charge >= 0.3 is 0 Å². The highest BCUT2D eigenvalue weighted by Gasteiger charge is 2.27. The quantitative estimate of drug-likeness (QED) is 0.839. The molecule has 5 heteroatoms. The molecule has 0 fully saturated rings. The summed E-state index contributed by atoms with van der Waals surface area (Å²) < 4.78 is 0. The Morgan fingerprint density at radius 1 is 1.50 bits per heavy atom. The number of pyridine rings is 1. The highest BCUT2D eigenvalue weighted by atomic mass is 16.3. The van der Waals surface area contributed by atoms with Crippen LogP contribution in [0.5, 0.6) is 0 Å². The maximum absolute atomic E-state index is 12.3. The normalized spacial score (nSPS) is 11.4. The number of aliphatic hydroxyl groups excluding tert-OH is 1. The molecule has 0 aliphatic rings. The van der Waals surface area contributed by atoms with Gasteiger partial charge in [-0.2, -0.15) is 0 Å². The fourth-order valence-electron chi connectivity index (χ4n) is 1.49. The van der Waals surface area contributed by atoms with Gasteiger partial charge in [0.05, 0.1) is 12.1 Å². The van der Waals surface area contributed by atoms with Crippen LogP contribution in [0.2, 0.25) is 0 Å². The summed E-state index contributed by atoms with van der Waals surface area (Å²) in [6.07, 6.45) is 0.721. The number of aryl methyl sites for hydroxylation is 1. The number of rotatable bonds is 4.